The molecular weight excluding hydrogens is 1760 g/mol. The third-order valence-corrected chi connectivity index (χ3v) is 33.4. The van der Waals surface area contributed by atoms with Crippen molar-refractivity contribution in [2.75, 3.05) is 102 Å². The van der Waals surface area contributed by atoms with E-state index in [1.54, 1.807) is 72.2 Å². The Kier molecular flexibility index (Phi) is 32.7. The van der Waals surface area contributed by atoms with Gasteiger partial charge in [0.25, 0.3) is 40.1 Å². The molecule has 1 saturated carbocycles. The van der Waals surface area contributed by atoms with Crippen LogP contribution in [0.15, 0.2) is 202 Å². The molecule has 4 aromatic heterocycles. The average Bonchev–Trinajstić information content (AvgIpc) is 1.68. The number of nitrogens with zero attached hydrogens (tertiary/aromatic N) is 13. The number of rotatable bonds is 32. The monoisotopic (exact) mass is 1890 g/mol. The molecule has 31 heteroatoms. The third kappa shape index (κ3) is 23.5. The van der Waals surface area contributed by atoms with Crippen LogP contribution in [0.1, 0.15) is 174 Å². The molecule has 1 atom stereocenters. The van der Waals surface area contributed by atoms with E-state index in [1.165, 1.54) is 36.0 Å². The van der Waals surface area contributed by atoms with Crippen LogP contribution in [-0.2, 0) is 111 Å². The van der Waals surface area contributed by atoms with Crippen LogP contribution < -0.4 is 23.0 Å². The topological polar surface area (TPSA) is 315 Å². The predicted octanol–water partition coefficient (Wildman–Crippen LogP) is 18.1. The first-order chi connectivity index (χ1) is 63.9. The van der Waals surface area contributed by atoms with Crippen LogP contribution in [0.2, 0.25) is 0 Å². The first kappa shape index (κ1) is 98.7. The summed E-state index contributed by atoms with van der Waals surface area (Å²) in [5.41, 5.74) is 17.8. The predicted molar refractivity (Wildman–Crippen MR) is 529 cm³/mol. The van der Waals surface area contributed by atoms with Crippen LogP contribution in [-0.4, -0.2) is 168 Å². The molecule has 12 aromatic rings. The van der Waals surface area contributed by atoms with E-state index in [0.717, 1.165) is 193 Å². The number of aryl methyl sites for hydroxylation is 4. The molecule has 4 aliphatic heterocycles. The van der Waals surface area contributed by atoms with Crippen molar-refractivity contribution >= 4 is 118 Å². The minimum atomic E-state index is -3.81. The Morgan fingerprint density at radius 1 is 0.421 bits per heavy atom. The van der Waals surface area contributed by atoms with Crippen LogP contribution in [0.3, 0.4) is 0 Å². The largest absolute Gasteiger partial charge is 0.390 e. The second-order valence-corrected chi connectivity index (χ2v) is 44.8. The Labute approximate surface area is 786 Å². The smallest absolute Gasteiger partial charge is 0.264 e. The fourth-order valence-corrected chi connectivity index (χ4v) is 24.7. The highest BCUT2D eigenvalue weighted by molar-refractivity contribution is 7.93. The molecular formula is C102H134N14O13S4. The summed E-state index contributed by atoms with van der Waals surface area (Å²) < 4.78 is 140. The summed E-state index contributed by atoms with van der Waals surface area (Å²) in [4.78, 5) is 14.5. The van der Waals surface area contributed by atoms with Gasteiger partial charge in [0.1, 0.15) is 0 Å². The Hall–Kier alpha value is -10.3. The van der Waals surface area contributed by atoms with Crippen molar-refractivity contribution in [3.63, 3.8) is 0 Å². The first-order valence-corrected chi connectivity index (χ1v) is 53.4. The molecule has 0 radical (unpaired) electrons. The molecule has 8 aromatic carbocycles. The maximum absolute atomic E-state index is 13.8. The first-order valence-electron chi connectivity index (χ1n) is 47.6. The van der Waals surface area contributed by atoms with Crippen LogP contribution in [0, 0.1) is 41.4 Å². The number of nitrogens with two attached hydrogens (primary N) is 1. The Balaban J connectivity index is 0.000000142. The number of aliphatic hydroxyl groups excluding tert-OH is 1. The van der Waals surface area contributed by atoms with Crippen molar-refractivity contribution in [3.05, 3.63) is 210 Å². The molecule has 5 fully saturated rings. The number of hydrogen-bond acceptors (Lipinski definition) is 18. The highest BCUT2D eigenvalue weighted by atomic mass is 32.2. The number of sulfonamides is 4. The van der Waals surface area contributed by atoms with Gasteiger partial charge in [0.15, 0.2) is 5.82 Å². The standard InChI is InChI=1S/C26H35N3O4S.C26H33N3O3S.C25H32N4O3S.C25H34N4O3S/c1-4-20-5-7-22(8-6-20)29(16-19(2)3)34(31,32)23-9-10-26-24(15-23)25(18-30)27-28(26)17-21-11-13-33-14-12-21;1-2-20-6-8-24(9-7-20)29(19-21-4-3-5-21)33(30,31)25-10-11-26-23(16-25)17-27-28(26)18-22-12-14-32-15-13-22;1-5-20-6-8-22(9-7-20)28(16-18(2)3)33(31,32)24-10-11-25-21(14-24)15-26-29(25)23-12-13-27(17-23)19(4)30;1-4-19-5-7-21(8-6-19)29(16-18(2)3)33(30,31)22-9-10-24-23(15-22)25(26)27-28(24)17-20-11-13-32-14-12-20/h5-10,15,19,21,30H,4,11-14,16-18H2,1-3H3;6-11,16-17,21-22H,2-5,12-15,18-19H2,1H3;6-11,14-15,18,23H,5,12-13,16-17H2,1-4H3;5-10,15,18,20H,4,11-14,16-17H2,1-3H3,(H2,26,27). The highest BCUT2D eigenvalue weighted by Crippen LogP contribution is 2.39. The van der Waals surface area contributed by atoms with Crippen LogP contribution in [0.25, 0.3) is 43.6 Å². The minimum Gasteiger partial charge on any atom is -0.390 e. The van der Waals surface area contributed by atoms with E-state index in [9.17, 15) is 43.6 Å². The lowest BCUT2D eigenvalue weighted by Gasteiger charge is -2.33. The van der Waals surface area contributed by atoms with E-state index in [1.807, 2.05) is 186 Å². The number of aromatic nitrogens is 8. The van der Waals surface area contributed by atoms with E-state index in [0.29, 0.717) is 101 Å². The maximum atomic E-state index is 13.8. The van der Waals surface area contributed by atoms with Gasteiger partial charge in [0.2, 0.25) is 5.91 Å². The number of carbonyl (C=O) groups excluding carboxylic acids is 1. The number of aliphatic hydroxyl groups is 1. The summed E-state index contributed by atoms with van der Waals surface area (Å²) in [6.45, 7) is 31.8. The molecule has 714 valence electrons. The van der Waals surface area contributed by atoms with Gasteiger partial charge in [-0.15, -0.1) is 0 Å². The number of ether oxygens (including phenoxy) is 3. The van der Waals surface area contributed by atoms with Crippen LogP contribution >= 0.6 is 0 Å². The average molecular weight is 1890 g/mol. The SMILES string of the molecule is CCc1ccc(N(CC(C)C)S(=O)(=O)c2ccc3c(c2)c(CO)nn3CC2CCOCC2)cc1.CCc1ccc(N(CC(C)C)S(=O)(=O)c2ccc3c(c2)c(N)nn3CC2CCOCC2)cc1.CCc1ccc(N(CC(C)C)S(=O)(=O)c2ccc3c(cnn3C3CCN(C(C)=O)C3)c2)cc1.CCc1ccc(N(CC2CCC2)S(=O)(=O)c2ccc3c(cnn3CC3CCOCC3)c2)cc1. The summed E-state index contributed by atoms with van der Waals surface area (Å²) >= 11 is 0. The number of hydrogen-bond donors (Lipinski definition) is 2. The van der Waals surface area contributed by atoms with Crippen molar-refractivity contribution in [2.24, 2.45) is 41.4 Å². The quantitative estimate of drug-likeness (QED) is 0.0396. The van der Waals surface area contributed by atoms with Crippen LogP contribution in [0.5, 0.6) is 0 Å². The molecule has 27 nitrogen and oxygen atoms in total. The molecule has 17 rings (SSSR count). The zero-order valence-electron chi connectivity index (χ0n) is 79.0. The summed E-state index contributed by atoms with van der Waals surface area (Å²) in [6, 6.07) is 52.2. The molecule has 133 heavy (non-hydrogen) atoms. The van der Waals surface area contributed by atoms with Gasteiger partial charge in [0.05, 0.1) is 95.1 Å². The molecule has 3 N–H and O–H groups in total. The number of amides is 1. The second-order valence-electron chi connectivity index (χ2n) is 37.3. The van der Waals surface area contributed by atoms with E-state index >= 15 is 0 Å². The van der Waals surface area contributed by atoms with Gasteiger partial charge in [0, 0.05) is 127 Å². The van der Waals surface area contributed by atoms with Gasteiger partial charge >= 0.3 is 0 Å². The molecule has 8 heterocycles. The van der Waals surface area contributed by atoms with E-state index in [-0.39, 0.29) is 51.0 Å². The summed E-state index contributed by atoms with van der Waals surface area (Å²) in [7, 11) is -15.0. The molecule has 0 spiro atoms. The normalized spacial score (nSPS) is 16.3. The van der Waals surface area contributed by atoms with Gasteiger partial charge in [-0.2, -0.15) is 20.4 Å². The number of nitrogen functional groups attached to an aromatic ring is 1. The third-order valence-electron chi connectivity index (χ3n) is 26.3. The van der Waals surface area contributed by atoms with Gasteiger partial charge in [-0.3, -0.25) is 40.7 Å². The number of anilines is 5. The molecule has 4 saturated heterocycles. The lowest BCUT2D eigenvalue weighted by atomic mass is 9.85. The van der Waals surface area contributed by atoms with Gasteiger partial charge < -0.3 is 30.0 Å². The number of benzene rings is 8. The molecule has 5 aliphatic rings. The minimum absolute atomic E-state index is 0.0690. The highest BCUT2D eigenvalue weighted by Gasteiger charge is 2.36. The Bertz CT molecular complexity index is 6400. The summed E-state index contributed by atoms with van der Waals surface area (Å²) in [5.74, 6) is 2.84. The van der Waals surface area contributed by atoms with E-state index < -0.39 is 40.1 Å². The van der Waals surface area contributed by atoms with Crippen molar-refractivity contribution in [2.45, 2.75) is 218 Å². The zero-order chi connectivity index (χ0) is 94.5. The van der Waals surface area contributed by atoms with Gasteiger partial charge in [-0.1, -0.05) is 124 Å². The molecule has 1 amide bonds. The zero-order valence-corrected chi connectivity index (χ0v) is 82.3. The molecule has 0 bridgehead atoms. The number of carbonyl (C=O) groups is 1. The lowest BCUT2D eigenvalue weighted by molar-refractivity contribution is -0.127. The number of likely N-dealkylation sites (tertiary alicyclic amines) is 1. The fourth-order valence-electron chi connectivity index (χ4n) is 18.1. The fraction of sp³-hybridized carbons (Fsp3) is 0.480. The lowest BCUT2D eigenvalue weighted by Crippen LogP contribution is -2.37. The maximum Gasteiger partial charge on any atom is 0.264 e. The van der Waals surface area contributed by atoms with Crippen molar-refractivity contribution < 1.29 is 57.8 Å². The Morgan fingerprint density at radius 2 is 0.774 bits per heavy atom. The van der Waals surface area contributed by atoms with Crippen molar-refractivity contribution in [1.82, 2.24) is 44.0 Å². The summed E-state index contributed by atoms with van der Waals surface area (Å²) in [6.07, 6.45) is 17.4. The van der Waals surface area contributed by atoms with Crippen molar-refractivity contribution in [3.8, 4) is 0 Å². The molecule has 1 unspecified atom stereocenters. The van der Waals surface area contributed by atoms with E-state index in [2.05, 4.69) is 48.1 Å². The van der Waals surface area contributed by atoms with Crippen molar-refractivity contribution in [1.29, 1.82) is 0 Å². The van der Waals surface area contributed by atoms with Crippen LogP contribution in [0.4, 0.5) is 28.6 Å². The van der Waals surface area contributed by atoms with Gasteiger partial charge in [-0.25, -0.2) is 33.7 Å². The summed E-state index contributed by atoms with van der Waals surface area (Å²) in [5, 5.41) is 31.2. The second kappa shape index (κ2) is 44.0. The van der Waals surface area contributed by atoms with Gasteiger partial charge in [-0.05, 0) is 268 Å². The molecule has 1 aliphatic carbocycles. The number of fused-ring (bicyclic) bond motifs is 4. The Morgan fingerprint density at radius 3 is 1.16 bits per heavy atom. The van der Waals surface area contributed by atoms with E-state index in [4.69, 9.17) is 19.9 Å².